The molecule has 0 saturated carbocycles. The molecule has 0 spiro atoms. The van der Waals surface area contributed by atoms with Crippen LogP contribution in [-0.4, -0.2) is 52.4 Å². The van der Waals surface area contributed by atoms with Gasteiger partial charge >= 0.3 is 0 Å². The van der Waals surface area contributed by atoms with Gasteiger partial charge in [-0.1, -0.05) is 86.6 Å². The summed E-state index contributed by atoms with van der Waals surface area (Å²) in [6, 6.07) is 22.7. The number of hydrogen-bond donors (Lipinski definition) is 4. The van der Waals surface area contributed by atoms with Crippen molar-refractivity contribution in [3.8, 4) is 5.75 Å². The zero-order valence-electron chi connectivity index (χ0n) is 22.9. The Bertz CT molecular complexity index is 1220. The molecule has 0 aliphatic rings. The van der Waals surface area contributed by atoms with Gasteiger partial charge in [0.2, 0.25) is 17.7 Å². The van der Waals surface area contributed by atoms with E-state index in [1.54, 1.807) is 12.1 Å². The van der Waals surface area contributed by atoms with E-state index in [0.29, 0.717) is 6.42 Å². The maximum atomic E-state index is 14.2. The predicted molar refractivity (Wildman–Crippen MR) is 159 cm³/mol. The molecule has 0 aliphatic heterocycles. The zero-order valence-corrected chi connectivity index (χ0v) is 23.7. The normalized spacial score (nSPS) is 13.0. The molecule has 0 aliphatic carbocycles. The van der Waals surface area contributed by atoms with Crippen molar-refractivity contribution in [1.82, 2.24) is 10.2 Å². The van der Waals surface area contributed by atoms with Crippen LogP contribution < -0.4 is 16.8 Å². The first-order chi connectivity index (χ1) is 18.7. The van der Waals surface area contributed by atoms with Crippen LogP contribution in [0.3, 0.4) is 0 Å². The van der Waals surface area contributed by atoms with E-state index in [-0.39, 0.29) is 43.5 Å². The summed E-state index contributed by atoms with van der Waals surface area (Å²) in [6.07, 6.45) is 0.882. The average molecular weight is 567 g/mol. The monoisotopic (exact) mass is 566 g/mol. The number of amides is 3. The fraction of sp³-hybridized carbons (Fsp3) is 0.323. The third-order valence-electron chi connectivity index (χ3n) is 6.76. The van der Waals surface area contributed by atoms with Gasteiger partial charge in [0.1, 0.15) is 17.8 Å². The second kappa shape index (κ2) is 15.6. The van der Waals surface area contributed by atoms with Crippen LogP contribution >= 0.6 is 12.4 Å². The lowest BCUT2D eigenvalue weighted by Crippen LogP contribution is -2.59. The minimum Gasteiger partial charge on any atom is -0.508 e. The van der Waals surface area contributed by atoms with E-state index in [9.17, 15) is 19.5 Å². The third kappa shape index (κ3) is 9.39. The summed E-state index contributed by atoms with van der Waals surface area (Å²) in [5.74, 6) is -1.56. The standard InChI is InChI=1S/C31H38N4O4.ClH/c1-21(2)28(32)30(38)34-26(19-24-13-15-25(36)16-14-24)31(39)35(18-17-22-9-5-3-6-10-22)27(29(33)37)20-23-11-7-4-8-12-23;/h3-16,21,26-28,36H,17-20,32H2,1-2H3,(H2,33,37)(H,34,38);1H/t26-,27-,28-;/m0./s1. The fourth-order valence-corrected chi connectivity index (χ4v) is 4.35. The highest BCUT2D eigenvalue weighted by molar-refractivity contribution is 5.93. The zero-order chi connectivity index (χ0) is 28.4. The number of aromatic hydroxyl groups is 1. The lowest BCUT2D eigenvalue weighted by Gasteiger charge is -2.34. The van der Waals surface area contributed by atoms with Gasteiger partial charge in [0.15, 0.2) is 0 Å². The first-order valence-corrected chi connectivity index (χ1v) is 13.2. The van der Waals surface area contributed by atoms with Crippen LogP contribution in [0.15, 0.2) is 84.9 Å². The number of carbonyl (C=O) groups is 3. The summed E-state index contributed by atoms with van der Waals surface area (Å²) >= 11 is 0. The number of nitrogens with two attached hydrogens (primary N) is 2. The smallest absolute Gasteiger partial charge is 0.246 e. The molecule has 0 radical (unpaired) electrons. The molecule has 0 unspecified atom stereocenters. The number of hydrogen-bond acceptors (Lipinski definition) is 5. The van der Waals surface area contributed by atoms with E-state index in [1.165, 1.54) is 17.0 Å². The van der Waals surface area contributed by atoms with Crippen molar-refractivity contribution in [2.75, 3.05) is 6.54 Å². The predicted octanol–water partition coefficient (Wildman–Crippen LogP) is 2.99. The van der Waals surface area contributed by atoms with Gasteiger partial charge in [-0.25, -0.2) is 0 Å². The Balaban J connectivity index is 0.00000560. The molecule has 0 aromatic heterocycles. The molecular weight excluding hydrogens is 528 g/mol. The number of carbonyl (C=O) groups excluding carboxylic acids is 3. The Morgan fingerprint density at radius 3 is 1.88 bits per heavy atom. The number of primary amides is 1. The van der Waals surface area contributed by atoms with Crippen molar-refractivity contribution < 1.29 is 19.5 Å². The van der Waals surface area contributed by atoms with E-state index >= 15 is 0 Å². The van der Waals surface area contributed by atoms with Gasteiger partial charge in [0, 0.05) is 19.4 Å². The Morgan fingerprint density at radius 2 is 1.35 bits per heavy atom. The third-order valence-corrected chi connectivity index (χ3v) is 6.76. The molecule has 3 rings (SSSR count). The number of phenols is 1. The Kier molecular flexibility index (Phi) is 12.6. The van der Waals surface area contributed by atoms with Crippen molar-refractivity contribution in [2.24, 2.45) is 17.4 Å². The van der Waals surface area contributed by atoms with Gasteiger partial charge in [0.25, 0.3) is 0 Å². The van der Waals surface area contributed by atoms with Crippen LogP contribution in [0.25, 0.3) is 0 Å². The second-order valence-electron chi connectivity index (χ2n) is 10.1. The Morgan fingerprint density at radius 1 is 0.825 bits per heavy atom. The Hall–Kier alpha value is -3.88. The summed E-state index contributed by atoms with van der Waals surface area (Å²) in [5, 5.41) is 12.5. The summed E-state index contributed by atoms with van der Waals surface area (Å²) < 4.78 is 0. The molecule has 3 aromatic carbocycles. The summed E-state index contributed by atoms with van der Waals surface area (Å²) in [4.78, 5) is 41.5. The van der Waals surface area contributed by atoms with Gasteiger partial charge in [-0.15, -0.1) is 12.4 Å². The Labute approximate surface area is 242 Å². The molecule has 3 amide bonds. The number of halogens is 1. The van der Waals surface area contributed by atoms with Gasteiger partial charge in [-0.2, -0.15) is 0 Å². The van der Waals surface area contributed by atoms with Crippen LogP contribution in [0.5, 0.6) is 5.75 Å². The molecule has 8 nitrogen and oxygen atoms in total. The average Bonchev–Trinajstić information content (AvgIpc) is 2.93. The lowest BCUT2D eigenvalue weighted by atomic mass is 9.98. The van der Waals surface area contributed by atoms with Crippen LogP contribution in [0.2, 0.25) is 0 Å². The van der Waals surface area contributed by atoms with Gasteiger partial charge in [0.05, 0.1) is 6.04 Å². The topological polar surface area (TPSA) is 139 Å². The van der Waals surface area contributed by atoms with Gasteiger partial charge < -0.3 is 26.8 Å². The number of phenolic OH excluding ortho intramolecular Hbond substituents is 1. The van der Waals surface area contributed by atoms with E-state index in [2.05, 4.69) is 5.32 Å². The first kappa shape index (κ1) is 32.3. The number of nitrogens with one attached hydrogen (secondary N) is 1. The van der Waals surface area contributed by atoms with Crippen molar-refractivity contribution in [2.45, 2.75) is 51.2 Å². The highest BCUT2D eigenvalue weighted by atomic mass is 35.5. The summed E-state index contributed by atoms with van der Waals surface area (Å²) in [7, 11) is 0. The lowest BCUT2D eigenvalue weighted by molar-refractivity contribution is -0.142. The van der Waals surface area contributed by atoms with Crippen LogP contribution in [0.1, 0.15) is 30.5 Å². The minimum absolute atomic E-state index is 0. The molecule has 6 N–H and O–H groups in total. The van der Waals surface area contributed by atoms with Crippen molar-refractivity contribution in [3.05, 3.63) is 102 Å². The van der Waals surface area contributed by atoms with E-state index < -0.39 is 35.8 Å². The van der Waals surface area contributed by atoms with Gasteiger partial charge in [-0.3, -0.25) is 14.4 Å². The van der Waals surface area contributed by atoms with E-state index in [1.807, 2.05) is 74.5 Å². The molecule has 9 heteroatoms. The molecule has 3 atom stereocenters. The molecule has 0 bridgehead atoms. The molecule has 0 fully saturated rings. The van der Waals surface area contributed by atoms with Crippen molar-refractivity contribution in [1.29, 1.82) is 0 Å². The number of rotatable bonds is 13. The molecule has 40 heavy (non-hydrogen) atoms. The maximum absolute atomic E-state index is 14.2. The quantitative estimate of drug-likeness (QED) is 0.252. The molecule has 3 aromatic rings. The minimum atomic E-state index is -1.000. The van der Waals surface area contributed by atoms with Crippen molar-refractivity contribution >= 4 is 30.1 Å². The molecule has 0 heterocycles. The van der Waals surface area contributed by atoms with Crippen LogP contribution in [0.4, 0.5) is 0 Å². The largest absolute Gasteiger partial charge is 0.508 e. The molecular formula is C31H39ClN4O4. The van der Waals surface area contributed by atoms with Crippen LogP contribution in [-0.2, 0) is 33.6 Å². The highest BCUT2D eigenvalue weighted by Crippen LogP contribution is 2.17. The fourth-order valence-electron chi connectivity index (χ4n) is 4.35. The summed E-state index contributed by atoms with van der Waals surface area (Å²) in [6.45, 7) is 3.88. The van der Waals surface area contributed by atoms with Crippen LogP contribution in [0, 0.1) is 5.92 Å². The molecule has 214 valence electrons. The van der Waals surface area contributed by atoms with Crippen molar-refractivity contribution in [3.63, 3.8) is 0 Å². The van der Waals surface area contributed by atoms with E-state index in [4.69, 9.17) is 11.5 Å². The number of benzene rings is 3. The summed E-state index contributed by atoms with van der Waals surface area (Å²) in [5.41, 5.74) is 14.6. The van der Waals surface area contributed by atoms with Gasteiger partial charge in [-0.05, 0) is 41.2 Å². The number of nitrogens with zero attached hydrogens (tertiary/aromatic N) is 1. The second-order valence-corrected chi connectivity index (χ2v) is 10.1. The SMILES string of the molecule is CC(C)[C@H](N)C(=O)N[C@@H](Cc1ccc(O)cc1)C(=O)N(CCc1ccccc1)[C@@H](Cc1ccccc1)C(N)=O.Cl. The highest BCUT2D eigenvalue weighted by Gasteiger charge is 2.34. The van der Waals surface area contributed by atoms with E-state index in [0.717, 1.165) is 16.7 Å². The maximum Gasteiger partial charge on any atom is 0.246 e. The first-order valence-electron chi connectivity index (χ1n) is 13.2. The molecule has 0 saturated heterocycles.